The van der Waals surface area contributed by atoms with Crippen molar-refractivity contribution in [3.63, 3.8) is 0 Å². The van der Waals surface area contributed by atoms with Crippen LogP contribution < -0.4 is 10.7 Å². The number of unbranched alkanes of at least 4 members (excludes halogenated alkanes) is 1. The second-order valence-corrected chi connectivity index (χ2v) is 5.14. The number of carbonyl (C=O) groups excluding carboxylic acids is 2. The number of nitrogens with one attached hydrogen (secondary N) is 2. The average molecular weight is 337 g/mol. The van der Waals surface area contributed by atoms with E-state index in [-0.39, 0.29) is 6.10 Å². The second kappa shape index (κ2) is 10.3. The van der Waals surface area contributed by atoms with Gasteiger partial charge in [0, 0.05) is 19.2 Å². The van der Waals surface area contributed by atoms with Crippen LogP contribution in [0.5, 0.6) is 0 Å². The molecule has 1 heterocycles. The van der Waals surface area contributed by atoms with Crippen LogP contribution in [0, 0.1) is 0 Å². The minimum absolute atomic E-state index is 0.195. The van der Waals surface area contributed by atoms with Crippen LogP contribution >= 0.6 is 0 Å². The Bertz CT molecular complexity index is 524. The number of hydrogen-bond donors (Lipinski definition) is 3. The molecule has 1 aliphatic heterocycles. The van der Waals surface area contributed by atoms with E-state index in [4.69, 9.17) is 9.84 Å². The number of allylic oxidation sites excluding steroid dienone is 1. The summed E-state index contributed by atoms with van der Waals surface area (Å²) < 4.78 is 5.56. The first-order valence-electron chi connectivity index (χ1n) is 7.64. The summed E-state index contributed by atoms with van der Waals surface area (Å²) >= 11 is 0. The molecule has 0 aromatic carbocycles. The number of carbonyl (C=O) groups is 3. The van der Waals surface area contributed by atoms with Gasteiger partial charge in [0.25, 0.3) is 11.8 Å². The van der Waals surface area contributed by atoms with Crippen LogP contribution in [-0.2, 0) is 19.1 Å². The predicted octanol–water partition coefficient (Wildman–Crippen LogP) is 0.345. The maximum absolute atomic E-state index is 11.8. The Balaban J connectivity index is 2.38. The molecule has 0 aliphatic carbocycles. The zero-order chi connectivity index (χ0) is 17.9. The van der Waals surface area contributed by atoms with Crippen LogP contribution in [0.25, 0.3) is 0 Å². The molecule has 132 valence electrons. The van der Waals surface area contributed by atoms with Crippen molar-refractivity contribution in [2.24, 2.45) is 0 Å². The number of carboxylic acids is 1. The summed E-state index contributed by atoms with van der Waals surface area (Å²) in [5, 5.41) is 12.7. The Labute approximate surface area is 140 Å². The molecule has 0 saturated carbocycles. The van der Waals surface area contributed by atoms with Gasteiger partial charge in [-0.1, -0.05) is 19.2 Å². The van der Waals surface area contributed by atoms with Crippen molar-refractivity contribution in [1.29, 1.82) is 0 Å². The Kier molecular flexibility index (Phi) is 8.45. The van der Waals surface area contributed by atoms with E-state index >= 15 is 0 Å². The highest BCUT2D eigenvalue weighted by atomic mass is 16.5. The Morgan fingerprint density at radius 3 is 2.75 bits per heavy atom. The average Bonchev–Trinajstić information content (AvgIpc) is 2.58. The number of hydrazine groups is 1. The number of morpholine rings is 1. The molecule has 1 unspecified atom stereocenters. The molecule has 1 aliphatic rings. The Morgan fingerprint density at radius 1 is 1.42 bits per heavy atom. The lowest BCUT2D eigenvalue weighted by atomic mass is 10.1. The molecule has 1 saturated heterocycles. The zero-order valence-electron chi connectivity index (χ0n) is 13.5. The van der Waals surface area contributed by atoms with Gasteiger partial charge in [-0.25, -0.2) is 9.80 Å². The van der Waals surface area contributed by atoms with Crippen molar-refractivity contribution >= 4 is 17.8 Å². The highest BCUT2D eigenvalue weighted by Gasteiger charge is 2.20. The topological polar surface area (TPSA) is 108 Å². The lowest BCUT2D eigenvalue weighted by Gasteiger charge is -2.23. The standard InChI is InChI=1S/C16H23N3O5/c1-3-15(21)19(12(2)16(22)23)18-14(20)8-6-4-5-7-13-11-17-9-10-24-13/h3,6,8,13,17H,1-2,4-5,7,9-11H2,(H,18,20)(H,22,23). The summed E-state index contributed by atoms with van der Waals surface area (Å²) in [5.74, 6) is -2.83. The number of rotatable bonds is 8. The van der Waals surface area contributed by atoms with E-state index in [2.05, 4.69) is 23.9 Å². The van der Waals surface area contributed by atoms with Gasteiger partial charge < -0.3 is 15.2 Å². The van der Waals surface area contributed by atoms with E-state index in [0.29, 0.717) is 18.0 Å². The van der Waals surface area contributed by atoms with E-state index in [9.17, 15) is 14.4 Å². The minimum Gasteiger partial charge on any atom is -0.477 e. The van der Waals surface area contributed by atoms with Gasteiger partial charge >= 0.3 is 5.97 Å². The predicted molar refractivity (Wildman–Crippen MR) is 87.6 cm³/mol. The largest absolute Gasteiger partial charge is 0.477 e. The number of nitrogens with zero attached hydrogens (tertiary/aromatic N) is 1. The SMILES string of the molecule is C=CC(=O)N(NC(=O)C=CCCCC1CNCCO1)C(=C)C(=O)O. The molecule has 8 heteroatoms. The molecule has 0 aromatic heterocycles. The van der Waals surface area contributed by atoms with Crippen molar-refractivity contribution in [2.75, 3.05) is 19.7 Å². The Morgan fingerprint density at radius 2 is 2.17 bits per heavy atom. The van der Waals surface area contributed by atoms with Gasteiger partial charge in [-0.2, -0.15) is 0 Å². The van der Waals surface area contributed by atoms with Gasteiger partial charge in [0.1, 0.15) is 5.70 Å². The highest BCUT2D eigenvalue weighted by molar-refractivity contribution is 5.98. The fraction of sp³-hybridized carbons (Fsp3) is 0.438. The van der Waals surface area contributed by atoms with Crippen LogP contribution in [0.1, 0.15) is 19.3 Å². The molecular formula is C16H23N3O5. The van der Waals surface area contributed by atoms with Crippen molar-refractivity contribution in [1.82, 2.24) is 15.8 Å². The van der Waals surface area contributed by atoms with Crippen molar-refractivity contribution < 1.29 is 24.2 Å². The van der Waals surface area contributed by atoms with Crippen LogP contribution in [0.4, 0.5) is 0 Å². The normalized spacial score (nSPS) is 17.2. The van der Waals surface area contributed by atoms with Gasteiger partial charge in [-0.3, -0.25) is 15.0 Å². The zero-order valence-corrected chi connectivity index (χ0v) is 13.5. The summed E-state index contributed by atoms with van der Waals surface area (Å²) in [7, 11) is 0. The first-order valence-corrected chi connectivity index (χ1v) is 7.64. The fourth-order valence-corrected chi connectivity index (χ4v) is 2.05. The summed E-state index contributed by atoms with van der Waals surface area (Å²) in [6.45, 7) is 8.91. The maximum Gasteiger partial charge on any atom is 0.353 e. The van der Waals surface area contributed by atoms with Crippen molar-refractivity contribution in [3.05, 3.63) is 37.1 Å². The molecule has 0 bridgehead atoms. The van der Waals surface area contributed by atoms with Crippen molar-refractivity contribution in [3.8, 4) is 0 Å². The molecule has 2 amide bonds. The number of amides is 2. The molecule has 0 spiro atoms. The second-order valence-electron chi connectivity index (χ2n) is 5.14. The van der Waals surface area contributed by atoms with Crippen LogP contribution in [0.2, 0.25) is 0 Å². The summed E-state index contributed by atoms with van der Waals surface area (Å²) in [5.41, 5.74) is 1.59. The molecule has 24 heavy (non-hydrogen) atoms. The number of carboxylic acid groups (broad SMARTS) is 1. The molecular weight excluding hydrogens is 314 g/mol. The van der Waals surface area contributed by atoms with Crippen LogP contribution in [-0.4, -0.2) is 53.7 Å². The molecule has 8 nitrogen and oxygen atoms in total. The van der Waals surface area contributed by atoms with E-state index in [1.807, 2.05) is 0 Å². The summed E-state index contributed by atoms with van der Waals surface area (Å²) in [4.78, 5) is 34.2. The third-order valence-electron chi connectivity index (χ3n) is 3.30. The van der Waals surface area contributed by atoms with E-state index < -0.39 is 23.5 Å². The Hall–Kier alpha value is -2.45. The number of aliphatic carboxylic acids is 1. The lowest BCUT2D eigenvalue weighted by molar-refractivity contribution is -0.141. The molecule has 0 radical (unpaired) electrons. The third kappa shape index (κ3) is 6.76. The molecule has 0 aromatic rings. The van der Waals surface area contributed by atoms with Gasteiger partial charge in [-0.05, 0) is 25.3 Å². The van der Waals surface area contributed by atoms with Gasteiger partial charge in [0.15, 0.2) is 0 Å². The van der Waals surface area contributed by atoms with E-state index in [1.165, 1.54) is 6.08 Å². The van der Waals surface area contributed by atoms with Gasteiger partial charge in [0.05, 0.1) is 12.7 Å². The van der Waals surface area contributed by atoms with E-state index in [1.54, 1.807) is 6.08 Å². The van der Waals surface area contributed by atoms with Gasteiger partial charge in [-0.15, -0.1) is 0 Å². The number of ether oxygens (including phenoxy) is 1. The first kappa shape index (κ1) is 19.6. The molecule has 1 fully saturated rings. The monoisotopic (exact) mass is 337 g/mol. The first-order chi connectivity index (χ1) is 11.5. The smallest absolute Gasteiger partial charge is 0.353 e. The summed E-state index contributed by atoms with van der Waals surface area (Å²) in [6, 6.07) is 0. The number of hydrogen-bond acceptors (Lipinski definition) is 5. The molecule has 3 N–H and O–H groups in total. The van der Waals surface area contributed by atoms with Crippen LogP contribution in [0.15, 0.2) is 37.1 Å². The maximum atomic E-state index is 11.8. The lowest BCUT2D eigenvalue weighted by Crippen LogP contribution is -2.45. The summed E-state index contributed by atoms with van der Waals surface area (Å²) in [6.07, 6.45) is 6.40. The van der Waals surface area contributed by atoms with E-state index in [0.717, 1.165) is 32.0 Å². The quantitative estimate of drug-likeness (QED) is 0.335. The highest BCUT2D eigenvalue weighted by Crippen LogP contribution is 2.07. The minimum atomic E-state index is -1.42. The van der Waals surface area contributed by atoms with Gasteiger partial charge in [0.2, 0.25) is 0 Å². The fourth-order valence-electron chi connectivity index (χ4n) is 2.05. The van der Waals surface area contributed by atoms with Crippen molar-refractivity contribution in [2.45, 2.75) is 25.4 Å². The van der Waals surface area contributed by atoms with Crippen LogP contribution in [0.3, 0.4) is 0 Å². The third-order valence-corrected chi connectivity index (χ3v) is 3.30. The molecule has 1 atom stereocenters. The molecule has 1 rings (SSSR count).